The summed E-state index contributed by atoms with van der Waals surface area (Å²) in [5.74, 6) is 6.46. The van der Waals surface area contributed by atoms with Crippen molar-refractivity contribution in [2.45, 2.75) is 51.4 Å². The molecule has 7 nitrogen and oxygen atoms in total. The number of aromatic nitrogens is 2. The molecule has 1 aromatic carbocycles. The van der Waals surface area contributed by atoms with Crippen LogP contribution < -0.4 is 15.2 Å². The minimum atomic E-state index is -2.99. The Bertz CT molecular complexity index is 1290. The Morgan fingerprint density at radius 2 is 1.95 bits per heavy atom. The molecule has 1 aliphatic rings. The van der Waals surface area contributed by atoms with E-state index in [1.807, 2.05) is 6.20 Å². The van der Waals surface area contributed by atoms with E-state index in [0.717, 1.165) is 41.4 Å². The van der Waals surface area contributed by atoms with Crippen LogP contribution in [0.15, 0.2) is 36.7 Å². The van der Waals surface area contributed by atoms with Crippen molar-refractivity contribution in [1.82, 2.24) is 14.9 Å². The molecule has 3 aromatic rings. The highest BCUT2D eigenvalue weighted by atomic mass is 32.1. The first-order valence-corrected chi connectivity index (χ1v) is 12.8. The molecule has 0 spiro atoms. The van der Waals surface area contributed by atoms with Crippen LogP contribution in [0, 0.1) is 11.8 Å². The van der Waals surface area contributed by atoms with Gasteiger partial charge >= 0.3 is 6.61 Å². The molecule has 1 saturated heterocycles. The molecular weight excluding hydrogens is 498 g/mol. The number of ether oxygens (including phenoxy) is 2. The van der Waals surface area contributed by atoms with Crippen LogP contribution in [0.5, 0.6) is 11.5 Å². The number of rotatable bonds is 7. The van der Waals surface area contributed by atoms with Crippen LogP contribution in [-0.4, -0.2) is 52.3 Å². The Hall–Kier alpha value is -3.26. The molecule has 0 aliphatic carbocycles. The lowest BCUT2D eigenvalue weighted by atomic mass is 9.98. The monoisotopic (exact) mass is 528 g/mol. The van der Waals surface area contributed by atoms with Gasteiger partial charge in [-0.1, -0.05) is 11.8 Å². The zero-order chi connectivity index (χ0) is 26.6. The summed E-state index contributed by atoms with van der Waals surface area (Å²) < 4.78 is 36.5. The topological polar surface area (TPSA) is 93.7 Å². The number of benzene rings is 1. The molecule has 0 radical (unpaired) electrons. The van der Waals surface area contributed by atoms with Crippen molar-refractivity contribution >= 4 is 17.2 Å². The maximum Gasteiger partial charge on any atom is 0.387 e. The van der Waals surface area contributed by atoms with E-state index >= 15 is 0 Å². The van der Waals surface area contributed by atoms with Gasteiger partial charge in [-0.25, -0.2) is 9.97 Å². The first kappa shape index (κ1) is 26.8. The number of pyridine rings is 1. The number of piperidine rings is 1. The molecule has 37 heavy (non-hydrogen) atoms. The lowest BCUT2D eigenvalue weighted by Gasteiger charge is -2.27. The summed E-state index contributed by atoms with van der Waals surface area (Å²) in [6.45, 7) is 2.14. The van der Waals surface area contributed by atoms with Gasteiger partial charge in [0.15, 0.2) is 11.6 Å². The number of alkyl halides is 2. The molecule has 3 heterocycles. The van der Waals surface area contributed by atoms with E-state index in [2.05, 4.69) is 38.5 Å². The summed E-state index contributed by atoms with van der Waals surface area (Å²) in [4.78, 5) is 12.2. The zero-order valence-corrected chi connectivity index (χ0v) is 21.8. The van der Waals surface area contributed by atoms with Gasteiger partial charge < -0.3 is 25.2 Å². The van der Waals surface area contributed by atoms with Crippen LogP contribution >= 0.6 is 11.3 Å². The maximum absolute atomic E-state index is 13.0. The van der Waals surface area contributed by atoms with Crippen LogP contribution in [0.3, 0.4) is 0 Å². The highest BCUT2D eigenvalue weighted by molar-refractivity contribution is 7.15. The molecule has 196 valence electrons. The third-order valence-corrected chi connectivity index (χ3v) is 7.14. The van der Waals surface area contributed by atoms with E-state index in [-0.39, 0.29) is 18.2 Å². The number of nitrogens with two attached hydrogens (primary N) is 1. The van der Waals surface area contributed by atoms with Gasteiger partial charge in [-0.05, 0) is 71.1 Å². The highest BCUT2D eigenvalue weighted by Crippen LogP contribution is 2.36. The van der Waals surface area contributed by atoms with Crippen molar-refractivity contribution in [3.8, 4) is 33.8 Å². The number of nitrogens with zero attached hydrogens (tertiary/aromatic N) is 3. The first-order valence-electron chi connectivity index (χ1n) is 11.9. The molecule has 0 amide bonds. The van der Waals surface area contributed by atoms with Gasteiger partial charge in [0.05, 0.1) is 9.88 Å². The van der Waals surface area contributed by atoms with Crippen molar-refractivity contribution in [2.75, 3.05) is 25.9 Å². The molecule has 0 unspecified atom stereocenters. The van der Waals surface area contributed by atoms with Crippen molar-refractivity contribution in [2.24, 2.45) is 0 Å². The Labute approximate surface area is 219 Å². The van der Waals surface area contributed by atoms with Crippen LogP contribution in [-0.2, 0) is 6.61 Å². The number of anilines is 1. The van der Waals surface area contributed by atoms with E-state index in [1.54, 1.807) is 49.6 Å². The molecular formula is C27H30F2N4O3S. The number of nitrogen functional groups attached to an aromatic ring is 1. The molecule has 1 fully saturated rings. The summed E-state index contributed by atoms with van der Waals surface area (Å²) in [5, 5.41) is 11.0. The van der Waals surface area contributed by atoms with E-state index < -0.39 is 12.2 Å². The Kier molecular flexibility index (Phi) is 8.27. The van der Waals surface area contributed by atoms with Crippen LogP contribution in [0.1, 0.15) is 48.7 Å². The van der Waals surface area contributed by atoms with Crippen LogP contribution in [0.25, 0.3) is 10.4 Å². The Morgan fingerprint density at radius 3 is 2.65 bits per heavy atom. The summed E-state index contributed by atoms with van der Waals surface area (Å²) in [6.07, 6.45) is 5.68. The van der Waals surface area contributed by atoms with Gasteiger partial charge in [0, 0.05) is 35.0 Å². The number of hydrogen-bond donors (Lipinski definition) is 2. The van der Waals surface area contributed by atoms with E-state index in [1.165, 1.54) is 6.07 Å². The maximum atomic E-state index is 13.0. The molecule has 1 aliphatic heterocycles. The SMILES string of the molecule is CN1CCC(c2ncc(-c3cnc(N)c(OCc4cc(C#CC(C)(C)O)ccc4OC(F)F)c3)s2)CC1. The normalized spacial score (nSPS) is 14.9. The Morgan fingerprint density at radius 1 is 1.19 bits per heavy atom. The average molecular weight is 529 g/mol. The minimum Gasteiger partial charge on any atom is -0.485 e. The fourth-order valence-corrected chi connectivity index (χ4v) is 5.00. The van der Waals surface area contributed by atoms with Crippen molar-refractivity contribution < 1.29 is 23.4 Å². The quantitative estimate of drug-likeness (QED) is 0.422. The number of hydrogen-bond acceptors (Lipinski definition) is 8. The second-order valence-electron chi connectivity index (χ2n) is 9.55. The third kappa shape index (κ3) is 7.38. The average Bonchev–Trinajstić information content (AvgIpc) is 3.33. The number of halogens is 2. The molecule has 2 aromatic heterocycles. The lowest BCUT2D eigenvalue weighted by molar-refractivity contribution is -0.0508. The smallest absolute Gasteiger partial charge is 0.387 e. The first-order chi connectivity index (χ1) is 17.6. The fraction of sp³-hybridized carbons (Fsp3) is 0.407. The molecule has 3 N–H and O–H groups in total. The predicted octanol–water partition coefficient (Wildman–Crippen LogP) is 4.90. The fourth-order valence-electron chi connectivity index (χ4n) is 3.93. The number of thiazole rings is 1. The molecule has 4 rings (SSSR count). The van der Waals surface area contributed by atoms with Crippen molar-refractivity contribution in [3.05, 3.63) is 52.8 Å². The summed E-state index contributed by atoms with van der Waals surface area (Å²) in [7, 11) is 2.13. The van der Waals surface area contributed by atoms with Gasteiger partial charge in [-0.2, -0.15) is 8.78 Å². The number of likely N-dealkylation sites (tertiary alicyclic amines) is 1. The van der Waals surface area contributed by atoms with E-state index in [9.17, 15) is 13.9 Å². The summed E-state index contributed by atoms with van der Waals surface area (Å²) in [5.41, 5.74) is 6.55. The molecule has 10 heteroatoms. The van der Waals surface area contributed by atoms with Crippen molar-refractivity contribution in [3.63, 3.8) is 0 Å². The van der Waals surface area contributed by atoms with Gasteiger partial charge in [0.2, 0.25) is 0 Å². The van der Waals surface area contributed by atoms with Gasteiger partial charge in [0.1, 0.15) is 18.0 Å². The lowest BCUT2D eigenvalue weighted by Crippen LogP contribution is -2.29. The Balaban J connectivity index is 1.53. The van der Waals surface area contributed by atoms with Gasteiger partial charge in [-0.15, -0.1) is 11.3 Å². The minimum absolute atomic E-state index is 0.0308. The predicted molar refractivity (Wildman–Crippen MR) is 140 cm³/mol. The molecule has 0 atom stereocenters. The van der Waals surface area contributed by atoms with E-state index in [0.29, 0.717) is 22.8 Å². The largest absolute Gasteiger partial charge is 0.485 e. The van der Waals surface area contributed by atoms with Crippen molar-refractivity contribution in [1.29, 1.82) is 0 Å². The standard InChI is InChI=1S/C27H30F2N4O3S/c1-27(2,34)9-6-17-4-5-21(36-26(28)29)20(12-17)16-35-22-13-19(14-31-24(22)30)23-15-32-25(37-23)18-7-10-33(3)11-8-18/h4-5,12-15,18,26,34H,7-8,10-11,16H2,1-3H3,(H2,30,31). The van der Waals surface area contributed by atoms with E-state index in [4.69, 9.17) is 10.5 Å². The third-order valence-electron chi connectivity index (χ3n) is 5.93. The second-order valence-corrected chi connectivity index (χ2v) is 10.6. The molecule has 0 saturated carbocycles. The highest BCUT2D eigenvalue weighted by Gasteiger charge is 2.22. The summed E-state index contributed by atoms with van der Waals surface area (Å²) in [6, 6.07) is 6.31. The van der Waals surface area contributed by atoms with Gasteiger partial charge in [0.25, 0.3) is 0 Å². The number of aliphatic hydroxyl groups is 1. The zero-order valence-electron chi connectivity index (χ0n) is 21.0. The second kappa shape index (κ2) is 11.4. The van der Waals surface area contributed by atoms with Crippen LogP contribution in [0.4, 0.5) is 14.6 Å². The molecule has 0 bridgehead atoms. The summed E-state index contributed by atoms with van der Waals surface area (Å²) >= 11 is 1.64. The van der Waals surface area contributed by atoms with Gasteiger partial charge in [-0.3, -0.25) is 0 Å². The van der Waals surface area contributed by atoms with Crippen LogP contribution in [0.2, 0.25) is 0 Å².